The van der Waals surface area contributed by atoms with Crippen molar-refractivity contribution in [3.8, 4) is 0 Å². The summed E-state index contributed by atoms with van der Waals surface area (Å²) in [4.78, 5) is 24.3. The number of fused-ring (bicyclic) bond motifs is 1. The van der Waals surface area contributed by atoms with Crippen molar-refractivity contribution >= 4 is 28.7 Å². The van der Waals surface area contributed by atoms with E-state index in [1.807, 2.05) is 6.92 Å². The van der Waals surface area contributed by atoms with Gasteiger partial charge in [-0.1, -0.05) is 31.0 Å². The van der Waals surface area contributed by atoms with Crippen LogP contribution in [0.3, 0.4) is 0 Å². The van der Waals surface area contributed by atoms with E-state index in [2.05, 4.69) is 15.5 Å². The molecular weight excluding hydrogens is 461 g/mol. The molecule has 1 aromatic heterocycles. The van der Waals surface area contributed by atoms with Crippen LogP contribution in [0.25, 0.3) is 10.9 Å². The van der Waals surface area contributed by atoms with Crippen molar-refractivity contribution < 1.29 is 34.4 Å². The number of aryl methyl sites for hydroxylation is 1. The normalized spacial score (nSPS) is 14.9. The number of urea groups is 1. The van der Waals surface area contributed by atoms with Crippen molar-refractivity contribution in [3.63, 3.8) is 0 Å². The van der Waals surface area contributed by atoms with E-state index in [1.165, 1.54) is 4.90 Å². The molecule has 1 N–H and O–H groups in total. The number of carbonyl (C=O) groups excluding carboxylic acids is 2. The van der Waals surface area contributed by atoms with Gasteiger partial charge in [-0.25, -0.2) is 9.18 Å². The predicted octanol–water partition coefficient (Wildman–Crippen LogP) is 1.73. The third kappa shape index (κ3) is 2.76. The van der Waals surface area contributed by atoms with E-state index in [1.54, 1.807) is 12.1 Å². The van der Waals surface area contributed by atoms with Crippen LogP contribution >= 0.6 is 0 Å². The summed E-state index contributed by atoms with van der Waals surface area (Å²) in [6, 6.07) is 2.87. The number of amides is 3. The summed E-state index contributed by atoms with van der Waals surface area (Å²) in [5.41, 5.74) is 0.760. The summed E-state index contributed by atoms with van der Waals surface area (Å²) < 4.78 is 14.3. The van der Waals surface area contributed by atoms with Gasteiger partial charge in [0.2, 0.25) is 5.91 Å². The number of benzene rings is 1. The van der Waals surface area contributed by atoms with Gasteiger partial charge in [0.25, 0.3) is 0 Å². The monoisotopic (exact) mass is 476 g/mol. The number of imide groups is 1. The Kier molecular flexibility index (Phi) is 4.94. The molecule has 1 radical (unpaired) electrons. The summed E-state index contributed by atoms with van der Waals surface area (Å²) >= 11 is 0. The van der Waals surface area contributed by atoms with Crippen molar-refractivity contribution in [2.75, 3.05) is 11.4 Å². The van der Waals surface area contributed by atoms with E-state index in [0.717, 1.165) is 6.42 Å². The molecule has 8 heteroatoms. The number of nitrogens with one attached hydrogen (secondary N) is 1. The smallest absolute Gasteiger partial charge is 0.329 e. The zero-order chi connectivity index (χ0) is 15.0. The number of halogens is 1. The Morgan fingerprint density at radius 2 is 2.18 bits per heavy atom. The number of nitrogens with zero attached hydrogens (tertiary/aromatic N) is 3. The molecule has 6 nitrogen and oxygen atoms in total. The van der Waals surface area contributed by atoms with Gasteiger partial charge >= 0.3 is 6.03 Å². The number of anilines is 1. The molecular formula is C14H14FN4O2Re-. The van der Waals surface area contributed by atoms with E-state index in [-0.39, 0.29) is 56.4 Å². The van der Waals surface area contributed by atoms with Crippen molar-refractivity contribution in [1.29, 1.82) is 0 Å². The molecule has 2 heterocycles. The molecule has 22 heavy (non-hydrogen) atoms. The van der Waals surface area contributed by atoms with Crippen LogP contribution in [0.4, 0.5) is 15.0 Å². The van der Waals surface area contributed by atoms with Crippen LogP contribution in [0.5, 0.6) is 0 Å². The molecule has 0 atom stereocenters. The van der Waals surface area contributed by atoms with Crippen molar-refractivity contribution in [1.82, 2.24) is 15.5 Å². The third-order valence-electron chi connectivity index (χ3n) is 3.51. The van der Waals surface area contributed by atoms with Crippen LogP contribution in [-0.2, 0) is 31.6 Å². The molecule has 0 aliphatic carbocycles. The van der Waals surface area contributed by atoms with Gasteiger partial charge in [0.05, 0.1) is 0 Å². The number of hydrogen-bond acceptors (Lipinski definition) is 3. The van der Waals surface area contributed by atoms with Crippen LogP contribution in [0, 0.1) is 5.82 Å². The zero-order valence-corrected chi connectivity index (χ0v) is 14.6. The second-order valence-electron chi connectivity index (χ2n) is 4.96. The number of aromatic nitrogens is 2. The summed E-state index contributed by atoms with van der Waals surface area (Å²) in [6.07, 6.45) is 1.65. The van der Waals surface area contributed by atoms with Crippen LogP contribution in [0.1, 0.15) is 25.3 Å². The summed E-state index contributed by atoms with van der Waals surface area (Å²) in [5.74, 6) is -0.421. The summed E-state index contributed by atoms with van der Waals surface area (Å²) in [5, 5.41) is 10.5. The second-order valence-corrected chi connectivity index (χ2v) is 4.96. The predicted molar refractivity (Wildman–Crippen MR) is 74.5 cm³/mol. The van der Waals surface area contributed by atoms with E-state index in [9.17, 15) is 14.0 Å². The molecule has 0 spiro atoms. The minimum atomic E-state index is -0.550. The maximum atomic E-state index is 14.3. The Morgan fingerprint density at radius 1 is 1.41 bits per heavy atom. The van der Waals surface area contributed by atoms with E-state index < -0.39 is 6.03 Å². The van der Waals surface area contributed by atoms with Crippen LogP contribution < -0.4 is 15.3 Å². The first-order valence-electron chi connectivity index (χ1n) is 6.83. The molecule has 0 bridgehead atoms. The fourth-order valence-electron chi connectivity index (χ4n) is 2.46. The zero-order valence-electron chi connectivity index (χ0n) is 11.9. The summed E-state index contributed by atoms with van der Waals surface area (Å²) in [6.45, 7) is 2.19. The molecule has 2 aromatic rings. The quantitative estimate of drug-likeness (QED) is 0.734. The summed E-state index contributed by atoms with van der Waals surface area (Å²) in [7, 11) is 0. The van der Waals surface area contributed by atoms with Crippen LogP contribution in [-0.4, -0.2) is 23.6 Å². The standard InChI is InChI=1S/C14H15FN4O2.Re/c1-2-3-8-4-5-9-12(11(8)15)17-18-13(9)19-7-6-10(20)16-14(19)21;/h4-5H,2-3,6-7H2,1H3,(H2,16,17,18,20,21);/p-1. The molecule has 3 rings (SSSR count). The molecule has 1 aliphatic heterocycles. The van der Waals surface area contributed by atoms with Gasteiger partial charge in [-0.15, -0.1) is 0 Å². The average molecular weight is 475 g/mol. The SMILES string of the molecule is CCCc1ccc2c(N3CCC(=O)NC3=O)n[n-]c2c1F.[Re]. The molecule has 0 saturated carbocycles. The van der Waals surface area contributed by atoms with E-state index in [4.69, 9.17) is 0 Å². The first-order chi connectivity index (χ1) is 10.1. The molecule has 0 unspecified atom stereocenters. The van der Waals surface area contributed by atoms with Crippen molar-refractivity contribution in [2.45, 2.75) is 26.2 Å². The minimum absolute atomic E-state index is 0. The number of hydrogen-bond donors (Lipinski definition) is 1. The molecule has 1 aliphatic rings. The topological polar surface area (TPSA) is 76.4 Å². The van der Waals surface area contributed by atoms with Gasteiger partial charge in [0, 0.05) is 38.8 Å². The first kappa shape index (κ1) is 16.6. The van der Waals surface area contributed by atoms with Crippen molar-refractivity contribution in [2.24, 2.45) is 0 Å². The Bertz CT molecular complexity index is 731. The molecule has 1 aromatic carbocycles. The first-order valence-corrected chi connectivity index (χ1v) is 6.83. The van der Waals surface area contributed by atoms with Gasteiger partial charge in [0.15, 0.2) is 0 Å². The second kappa shape index (κ2) is 6.55. The van der Waals surface area contributed by atoms with Crippen LogP contribution in [0.2, 0.25) is 0 Å². The maximum Gasteiger partial charge on any atom is 0.329 e. The van der Waals surface area contributed by atoms with Gasteiger partial charge in [-0.2, -0.15) is 0 Å². The maximum absolute atomic E-state index is 14.3. The Morgan fingerprint density at radius 3 is 2.86 bits per heavy atom. The van der Waals surface area contributed by atoms with Crippen molar-refractivity contribution in [3.05, 3.63) is 23.5 Å². The van der Waals surface area contributed by atoms with Gasteiger partial charge in [-0.3, -0.25) is 15.0 Å². The van der Waals surface area contributed by atoms with E-state index >= 15 is 0 Å². The van der Waals surface area contributed by atoms with E-state index in [0.29, 0.717) is 17.4 Å². The largest absolute Gasteiger partial charge is 0.571 e. The van der Waals surface area contributed by atoms with Gasteiger partial charge in [-0.05, 0) is 12.0 Å². The Balaban J connectivity index is 0.00000176. The van der Waals surface area contributed by atoms with Gasteiger partial charge < -0.3 is 10.2 Å². The van der Waals surface area contributed by atoms with Gasteiger partial charge in [0.1, 0.15) is 11.6 Å². The molecule has 117 valence electrons. The van der Waals surface area contributed by atoms with Crippen LogP contribution in [0.15, 0.2) is 12.1 Å². The Hall–Kier alpha value is -1.78. The fourth-order valence-corrected chi connectivity index (χ4v) is 2.46. The Labute approximate surface area is 140 Å². The third-order valence-corrected chi connectivity index (χ3v) is 3.51. The number of carbonyl (C=O) groups is 2. The molecule has 1 saturated heterocycles. The fraction of sp³-hybridized carbons (Fsp3) is 0.357. The molecule has 1 fully saturated rings. The average Bonchev–Trinajstić information content (AvgIpc) is 2.87. The molecule has 3 amide bonds. The minimum Gasteiger partial charge on any atom is -0.571 e. The number of rotatable bonds is 3.